The van der Waals surface area contributed by atoms with Crippen LogP contribution >= 0.6 is 0 Å². The molecule has 0 saturated heterocycles. The van der Waals surface area contributed by atoms with Crippen molar-refractivity contribution in [1.29, 1.82) is 0 Å². The van der Waals surface area contributed by atoms with Gasteiger partial charge in [0.1, 0.15) is 0 Å². The minimum Gasteiger partial charge on any atom is -0.468 e. The Morgan fingerprint density at radius 2 is 1.94 bits per heavy atom. The van der Waals surface area contributed by atoms with E-state index in [0.29, 0.717) is 5.92 Å². The van der Waals surface area contributed by atoms with Gasteiger partial charge in [-0.2, -0.15) is 0 Å². The zero-order chi connectivity index (χ0) is 21.3. The monoisotopic (exact) mass is 413 g/mol. The fourth-order valence-electron chi connectivity index (χ4n) is 6.42. The van der Waals surface area contributed by atoms with E-state index in [1.807, 2.05) is 0 Å². The second-order valence-electron chi connectivity index (χ2n) is 9.78. The predicted octanol–water partition coefficient (Wildman–Crippen LogP) is 6.35. The standard InChI is InChI=1S/C28H31NO2/c1-16-12-17(2)26-22-7-5-6-20-8-9-21-10-11-24(23(26)13-16)29(25(21)15-20)27(22)28-30-18(3)14-19(4)31-28/h8-15,18,22,24,27-28H,5-7H2,1-4H3/t18?,22?,24?,27-,28+/m0/s1. The Morgan fingerprint density at radius 3 is 2.77 bits per heavy atom. The number of rotatable bonds is 1. The summed E-state index contributed by atoms with van der Waals surface area (Å²) in [6.07, 6.45) is 10.0. The minimum atomic E-state index is -0.276. The lowest BCUT2D eigenvalue weighted by atomic mass is 9.73. The van der Waals surface area contributed by atoms with Gasteiger partial charge in [-0.3, -0.25) is 0 Å². The Balaban J connectivity index is 1.61. The van der Waals surface area contributed by atoms with Crippen LogP contribution in [-0.2, 0) is 15.9 Å². The molecule has 3 unspecified atom stereocenters. The lowest BCUT2D eigenvalue weighted by Crippen LogP contribution is -2.55. The van der Waals surface area contributed by atoms with Gasteiger partial charge in [0.2, 0.25) is 6.29 Å². The summed E-state index contributed by atoms with van der Waals surface area (Å²) < 4.78 is 12.9. The van der Waals surface area contributed by atoms with Crippen molar-refractivity contribution in [1.82, 2.24) is 0 Å². The quantitative estimate of drug-likeness (QED) is 0.544. The first-order valence-electron chi connectivity index (χ1n) is 11.7. The van der Waals surface area contributed by atoms with Crippen molar-refractivity contribution in [3.63, 3.8) is 0 Å². The average Bonchev–Trinajstić information content (AvgIpc) is 2.78. The molecule has 4 aliphatic heterocycles. The van der Waals surface area contributed by atoms with Gasteiger partial charge in [0.15, 0.2) is 0 Å². The fourth-order valence-corrected chi connectivity index (χ4v) is 6.42. The molecule has 0 spiro atoms. The molecule has 4 bridgehead atoms. The van der Waals surface area contributed by atoms with Crippen LogP contribution in [0, 0.1) is 13.8 Å². The number of nitrogens with zero attached hydrogens (tertiary/aromatic N) is 1. The highest BCUT2D eigenvalue weighted by Gasteiger charge is 2.48. The molecule has 4 aliphatic rings. The summed E-state index contributed by atoms with van der Waals surface area (Å²) in [4.78, 5) is 2.63. The third-order valence-electron chi connectivity index (χ3n) is 7.50. The molecular weight excluding hydrogens is 382 g/mol. The van der Waals surface area contributed by atoms with Crippen LogP contribution in [0.4, 0.5) is 5.69 Å². The van der Waals surface area contributed by atoms with Gasteiger partial charge in [0.05, 0.1) is 23.9 Å². The van der Waals surface area contributed by atoms with E-state index in [2.05, 4.69) is 81.2 Å². The van der Waals surface area contributed by atoms with Crippen LogP contribution in [0.5, 0.6) is 0 Å². The third kappa shape index (κ3) is 2.97. The maximum Gasteiger partial charge on any atom is 0.221 e. The number of hydrogen-bond donors (Lipinski definition) is 0. The van der Waals surface area contributed by atoms with Crippen molar-refractivity contribution in [2.45, 2.75) is 77.4 Å². The zero-order valence-electron chi connectivity index (χ0n) is 18.9. The van der Waals surface area contributed by atoms with E-state index < -0.39 is 0 Å². The molecule has 6 rings (SSSR count). The Labute approximate surface area is 185 Å². The summed E-state index contributed by atoms with van der Waals surface area (Å²) >= 11 is 0. The molecule has 0 aliphatic carbocycles. The summed E-state index contributed by atoms with van der Waals surface area (Å²) in [6, 6.07) is 12.1. The number of aryl methyl sites for hydroxylation is 3. The average molecular weight is 414 g/mol. The molecule has 0 saturated carbocycles. The first kappa shape index (κ1) is 19.2. The molecule has 0 radical (unpaired) electrons. The minimum absolute atomic E-state index is 0.0645. The molecule has 2 aromatic carbocycles. The first-order chi connectivity index (χ1) is 15.0. The van der Waals surface area contributed by atoms with Crippen molar-refractivity contribution in [2.24, 2.45) is 0 Å². The van der Waals surface area contributed by atoms with E-state index in [9.17, 15) is 0 Å². The van der Waals surface area contributed by atoms with Gasteiger partial charge < -0.3 is 14.4 Å². The van der Waals surface area contributed by atoms with Gasteiger partial charge >= 0.3 is 0 Å². The maximum atomic E-state index is 6.47. The van der Waals surface area contributed by atoms with Gasteiger partial charge in [-0.05, 0) is 86.9 Å². The van der Waals surface area contributed by atoms with Crippen LogP contribution in [0.3, 0.4) is 0 Å². The molecule has 31 heavy (non-hydrogen) atoms. The van der Waals surface area contributed by atoms with E-state index in [-0.39, 0.29) is 24.5 Å². The molecule has 160 valence electrons. The van der Waals surface area contributed by atoms with Gasteiger partial charge in [0.25, 0.3) is 0 Å². The van der Waals surface area contributed by atoms with E-state index >= 15 is 0 Å². The van der Waals surface area contributed by atoms with E-state index in [1.54, 1.807) is 0 Å². The fraction of sp³-hybridized carbons (Fsp3) is 0.429. The summed E-state index contributed by atoms with van der Waals surface area (Å²) in [6.45, 7) is 8.69. The molecule has 3 nitrogen and oxygen atoms in total. The highest BCUT2D eigenvalue weighted by atomic mass is 16.7. The van der Waals surface area contributed by atoms with Crippen molar-refractivity contribution >= 4 is 11.8 Å². The third-order valence-corrected chi connectivity index (χ3v) is 7.50. The normalized spacial score (nSPS) is 30.6. The van der Waals surface area contributed by atoms with E-state index in [4.69, 9.17) is 9.47 Å². The molecule has 3 heteroatoms. The first-order valence-corrected chi connectivity index (χ1v) is 11.7. The summed E-state index contributed by atoms with van der Waals surface area (Å²) in [5, 5.41) is 0. The van der Waals surface area contributed by atoms with Crippen LogP contribution in [-0.4, -0.2) is 18.4 Å². The number of anilines is 1. The molecule has 0 fully saturated rings. The van der Waals surface area contributed by atoms with Gasteiger partial charge in [-0.1, -0.05) is 42.0 Å². The Morgan fingerprint density at radius 1 is 1.06 bits per heavy atom. The lowest BCUT2D eigenvalue weighted by Gasteiger charge is -2.52. The van der Waals surface area contributed by atoms with Crippen LogP contribution in [0.2, 0.25) is 0 Å². The molecule has 0 amide bonds. The maximum absolute atomic E-state index is 6.47. The van der Waals surface area contributed by atoms with Gasteiger partial charge in [0, 0.05) is 11.6 Å². The van der Waals surface area contributed by atoms with Crippen LogP contribution in [0.15, 0.2) is 48.2 Å². The number of hydrogen-bond acceptors (Lipinski definition) is 3. The van der Waals surface area contributed by atoms with Gasteiger partial charge in [-0.15, -0.1) is 0 Å². The second-order valence-corrected chi connectivity index (χ2v) is 9.78. The molecule has 2 aromatic rings. The van der Waals surface area contributed by atoms with Crippen molar-refractivity contribution < 1.29 is 9.47 Å². The smallest absolute Gasteiger partial charge is 0.221 e. The van der Waals surface area contributed by atoms with E-state index in [0.717, 1.165) is 18.6 Å². The van der Waals surface area contributed by atoms with Crippen LogP contribution in [0.1, 0.15) is 72.0 Å². The molecule has 0 N–H and O–H groups in total. The molecule has 4 heterocycles. The van der Waals surface area contributed by atoms with Crippen LogP contribution in [0.25, 0.3) is 6.08 Å². The Bertz CT molecular complexity index is 1110. The number of allylic oxidation sites excluding steroid dienone is 1. The number of ether oxygens (including phenoxy) is 2. The summed E-state index contributed by atoms with van der Waals surface area (Å²) in [5.41, 5.74) is 9.80. The van der Waals surface area contributed by atoms with E-state index in [1.165, 1.54) is 45.5 Å². The van der Waals surface area contributed by atoms with Crippen molar-refractivity contribution in [2.75, 3.05) is 4.90 Å². The topological polar surface area (TPSA) is 21.7 Å². The number of fused-ring (bicyclic) bond motifs is 5. The molecular formula is C28H31NO2. The molecule has 5 atom stereocenters. The number of benzene rings is 2. The largest absolute Gasteiger partial charge is 0.468 e. The highest BCUT2D eigenvalue weighted by molar-refractivity contribution is 5.76. The Hall–Kier alpha value is -2.52. The van der Waals surface area contributed by atoms with Crippen LogP contribution < -0.4 is 4.90 Å². The van der Waals surface area contributed by atoms with Gasteiger partial charge in [-0.25, -0.2) is 0 Å². The van der Waals surface area contributed by atoms with Crippen molar-refractivity contribution in [3.05, 3.63) is 81.6 Å². The SMILES string of the molecule is CC1=CC(C)O[C@@H]([C@@H]2C3CCCc4ccc5c(c4)N2C(C=C5)c2cc(C)cc(C)c23)O1. The lowest BCUT2D eigenvalue weighted by molar-refractivity contribution is -0.166. The Kier molecular flexibility index (Phi) is 4.33. The summed E-state index contributed by atoms with van der Waals surface area (Å²) in [7, 11) is 0. The predicted molar refractivity (Wildman–Crippen MR) is 125 cm³/mol. The zero-order valence-corrected chi connectivity index (χ0v) is 18.9. The highest BCUT2D eigenvalue weighted by Crippen LogP contribution is 2.52. The second kappa shape index (κ2) is 7.00. The molecule has 0 aromatic heterocycles. The van der Waals surface area contributed by atoms with Crippen molar-refractivity contribution in [3.8, 4) is 0 Å². The summed E-state index contributed by atoms with van der Waals surface area (Å²) in [5.74, 6) is 1.35.